The first-order chi connectivity index (χ1) is 10.2. The van der Waals surface area contributed by atoms with Crippen LogP contribution in [0.25, 0.3) is 0 Å². The zero-order chi connectivity index (χ0) is 14.7. The smallest absolute Gasteiger partial charge is 0.134 e. The van der Waals surface area contributed by atoms with Crippen molar-refractivity contribution in [2.75, 3.05) is 55.8 Å². The minimum Gasteiger partial charge on any atom is -0.393 e. The molecule has 0 radical (unpaired) electrons. The van der Waals surface area contributed by atoms with Crippen molar-refractivity contribution in [1.29, 1.82) is 0 Å². The number of ether oxygens (including phenoxy) is 1. The number of morpholine rings is 1. The van der Waals surface area contributed by atoms with Crippen LogP contribution in [0.5, 0.6) is 0 Å². The van der Waals surface area contributed by atoms with E-state index in [4.69, 9.17) is 4.74 Å². The van der Waals surface area contributed by atoms with Gasteiger partial charge in [-0.3, -0.25) is 0 Å². The van der Waals surface area contributed by atoms with Gasteiger partial charge in [0.15, 0.2) is 0 Å². The van der Waals surface area contributed by atoms with Gasteiger partial charge in [-0.25, -0.2) is 9.97 Å². The summed E-state index contributed by atoms with van der Waals surface area (Å²) in [6.45, 7) is 4.36. The molecule has 116 valence electrons. The molecule has 2 aliphatic rings. The molecule has 1 aromatic rings. The lowest BCUT2D eigenvalue weighted by Crippen LogP contribution is -2.47. The van der Waals surface area contributed by atoms with Crippen LogP contribution in [-0.4, -0.2) is 71.8 Å². The second-order valence-electron chi connectivity index (χ2n) is 5.70. The molecule has 3 heterocycles. The fourth-order valence-electron chi connectivity index (χ4n) is 2.79. The van der Waals surface area contributed by atoms with Crippen LogP contribution in [0.1, 0.15) is 12.8 Å². The van der Waals surface area contributed by atoms with E-state index in [9.17, 15) is 10.2 Å². The van der Waals surface area contributed by atoms with Crippen molar-refractivity contribution >= 4 is 11.6 Å². The van der Waals surface area contributed by atoms with Gasteiger partial charge in [-0.2, -0.15) is 0 Å². The van der Waals surface area contributed by atoms with Crippen LogP contribution in [0.2, 0.25) is 0 Å². The summed E-state index contributed by atoms with van der Waals surface area (Å²) in [5.74, 6) is 1.80. The number of hydrogen-bond acceptors (Lipinski definition) is 7. The fraction of sp³-hybridized carbons (Fsp3) is 0.714. The maximum atomic E-state index is 10.1. The Hall–Kier alpha value is -1.44. The summed E-state index contributed by atoms with van der Waals surface area (Å²) in [5.41, 5.74) is -0.934. The quantitative estimate of drug-likeness (QED) is 0.787. The van der Waals surface area contributed by atoms with Gasteiger partial charge in [0, 0.05) is 32.2 Å². The van der Waals surface area contributed by atoms with E-state index in [0.29, 0.717) is 25.9 Å². The molecule has 7 heteroatoms. The van der Waals surface area contributed by atoms with Crippen LogP contribution in [0.3, 0.4) is 0 Å². The molecule has 0 spiro atoms. The number of nitrogens with zero attached hydrogens (tertiary/aromatic N) is 4. The van der Waals surface area contributed by atoms with E-state index in [1.807, 2.05) is 6.07 Å². The van der Waals surface area contributed by atoms with E-state index in [2.05, 4.69) is 19.8 Å². The van der Waals surface area contributed by atoms with Gasteiger partial charge in [0.25, 0.3) is 0 Å². The van der Waals surface area contributed by atoms with Crippen molar-refractivity contribution in [3.8, 4) is 0 Å². The molecule has 0 bridgehead atoms. The van der Waals surface area contributed by atoms with E-state index < -0.39 is 5.60 Å². The standard InChI is InChI=1S/C14H22N4O3/c19-10-14(20)1-3-17(4-2-14)12-9-13(16-11-15-12)18-5-7-21-8-6-18/h9,11,19-20H,1-8,10H2. The fourth-order valence-corrected chi connectivity index (χ4v) is 2.79. The summed E-state index contributed by atoms with van der Waals surface area (Å²) < 4.78 is 5.36. The second-order valence-corrected chi connectivity index (χ2v) is 5.70. The number of aliphatic hydroxyl groups excluding tert-OH is 1. The van der Waals surface area contributed by atoms with E-state index in [-0.39, 0.29) is 6.61 Å². The predicted molar refractivity (Wildman–Crippen MR) is 78.5 cm³/mol. The summed E-state index contributed by atoms with van der Waals surface area (Å²) in [7, 11) is 0. The van der Waals surface area contributed by atoms with Crippen molar-refractivity contribution in [1.82, 2.24) is 9.97 Å². The zero-order valence-corrected chi connectivity index (χ0v) is 12.1. The van der Waals surface area contributed by atoms with Gasteiger partial charge in [-0.05, 0) is 12.8 Å². The third-order valence-electron chi connectivity index (χ3n) is 4.29. The Morgan fingerprint density at radius 3 is 2.19 bits per heavy atom. The predicted octanol–water partition coefficient (Wildman–Crippen LogP) is -0.363. The molecule has 7 nitrogen and oxygen atoms in total. The average molecular weight is 294 g/mol. The lowest BCUT2D eigenvalue weighted by Gasteiger charge is -2.37. The van der Waals surface area contributed by atoms with E-state index in [1.54, 1.807) is 6.33 Å². The van der Waals surface area contributed by atoms with Crippen molar-refractivity contribution in [3.05, 3.63) is 12.4 Å². The van der Waals surface area contributed by atoms with Gasteiger partial charge >= 0.3 is 0 Å². The largest absolute Gasteiger partial charge is 0.393 e. The second kappa shape index (κ2) is 6.13. The summed E-state index contributed by atoms with van der Waals surface area (Å²) >= 11 is 0. The topological polar surface area (TPSA) is 82.0 Å². The molecule has 3 rings (SSSR count). The highest BCUT2D eigenvalue weighted by molar-refractivity contribution is 5.50. The Bertz CT molecular complexity index is 471. The molecule has 2 saturated heterocycles. The third-order valence-corrected chi connectivity index (χ3v) is 4.29. The highest BCUT2D eigenvalue weighted by Crippen LogP contribution is 2.26. The lowest BCUT2D eigenvalue weighted by atomic mass is 9.92. The van der Waals surface area contributed by atoms with Crippen LogP contribution >= 0.6 is 0 Å². The Labute approximate surface area is 124 Å². The summed E-state index contributed by atoms with van der Waals surface area (Å²) in [6.07, 6.45) is 2.70. The van der Waals surface area contributed by atoms with Crippen LogP contribution in [0, 0.1) is 0 Å². The lowest BCUT2D eigenvalue weighted by molar-refractivity contribution is -0.0326. The average Bonchev–Trinajstić information content (AvgIpc) is 2.56. The minimum absolute atomic E-state index is 0.177. The number of hydrogen-bond donors (Lipinski definition) is 2. The normalized spacial score (nSPS) is 22.4. The van der Waals surface area contributed by atoms with Crippen molar-refractivity contribution in [2.24, 2.45) is 0 Å². The summed E-state index contributed by atoms with van der Waals surface area (Å²) in [5, 5.41) is 19.3. The van der Waals surface area contributed by atoms with Gasteiger partial charge in [0.2, 0.25) is 0 Å². The Morgan fingerprint density at radius 1 is 1.05 bits per heavy atom. The van der Waals surface area contributed by atoms with Gasteiger partial charge in [-0.1, -0.05) is 0 Å². The molecule has 0 unspecified atom stereocenters. The zero-order valence-electron chi connectivity index (χ0n) is 12.1. The van der Waals surface area contributed by atoms with E-state index >= 15 is 0 Å². The summed E-state index contributed by atoms with van der Waals surface area (Å²) in [4.78, 5) is 13.0. The molecular formula is C14H22N4O3. The SMILES string of the molecule is OCC1(O)CCN(c2cc(N3CCOCC3)ncn2)CC1. The van der Waals surface area contributed by atoms with Crippen molar-refractivity contribution in [3.63, 3.8) is 0 Å². The number of anilines is 2. The van der Waals surface area contributed by atoms with Crippen molar-refractivity contribution in [2.45, 2.75) is 18.4 Å². The van der Waals surface area contributed by atoms with Gasteiger partial charge in [0.05, 0.1) is 25.4 Å². The number of aliphatic hydroxyl groups is 2. The Morgan fingerprint density at radius 2 is 1.62 bits per heavy atom. The molecule has 0 atom stereocenters. The van der Waals surface area contributed by atoms with Gasteiger partial charge in [-0.15, -0.1) is 0 Å². The highest BCUT2D eigenvalue weighted by Gasteiger charge is 2.32. The van der Waals surface area contributed by atoms with Crippen LogP contribution in [0.15, 0.2) is 12.4 Å². The number of rotatable bonds is 3. The molecule has 1 aromatic heterocycles. The maximum Gasteiger partial charge on any atom is 0.134 e. The number of piperidine rings is 1. The van der Waals surface area contributed by atoms with E-state index in [0.717, 1.165) is 37.9 Å². The Balaban J connectivity index is 1.69. The molecule has 0 aliphatic carbocycles. The van der Waals surface area contributed by atoms with Crippen LogP contribution < -0.4 is 9.80 Å². The molecule has 0 saturated carbocycles. The molecule has 0 aromatic carbocycles. The highest BCUT2D eigenvalue weighted by atomic mass is 16.5. The van der Waals surface area contributed by atoms with E-state index in [1.165, 1.54) is 0 Å². The third kappa shape index (κ3) is 3.25. The first kappa shape index (κ1) is 14.5. The molecular weight excluding hydrogens is 272 g/mol. The summed E-state index contributed by atoms with van der Waals surface area (Å²) in [6, 6.07) is 1.99. The first-order valence-electron chi connectivity index (χ1n) is 7.43. The molecule has 2 aliphatic heterocycles. The van der Waals surface area contributed by atoms with Crippen molar-refractivity contribution < 1.29 is 14.9 Å². The minimum atomic E-state index is -0.934. The molecule has 0 amide bonds. The number of aromatic nitrogens is 2. The molecule has 2 fully saturated rings. The van der Waals surface area contributed by atoms with Crippen LogP contribution in [-0.2, 0) is 4.74 Å². The first-order valence-corrected chi connectivity index (χ1v) is 7.43. The van der Waals surface area contributed by atoms with Gasteiger partial charge < -0.3 is 24.7 Å². The Kier molecular flexibility index (Phi) is 4.23. The maximum absolute atomic E-state index is 10.1. The van der Waals surface area contributed by atoms with Crippen LogP contribution in [0.4, 0.5) is 11.6 Å². The molecule has 21 heavy (non-hydrogen) atoms. The molecule has 2 N–H and O–H groups in total. The van der Waals surface area contributed by atoms with Gasteiger partial charge in [0.1, 0.15) is 18.0 Å². The monoisotopic (exact) mass is 294 g/mol.